The summed E-state index contributed by atoms with van der Waals surface area (Å²) in [5.41, 5.74) is 1.78. The van der Waals surface area contributed by atoms with E-state index in [-0.39, 0.29) is 17.2 Å². The average molecular weight is 425 g/mol. The Hall–Kier alpha value is -3.49. The Kier molecular flexibility index (Phi) is 6.24. The number of ether oxygens (including phenoxy) is 1. The number of benzene rings is 1. The third-order valence-electron chi connectivity index (χ3n) is 5.01. The number of nitrogens with one attached hydrogen (secondary N) is 1. The normalized spacial score (nSPS) is 12.2. The zero-order chi connectivity index (χ0) is 22.9. The summed E-state index contributed by atoms with van der Waals surface area (Å²) in [5.74, 6) is -1.09. The molecule has 31 heavy (non-hydrogen) atoms. The van der Waals surface area contributed by atoms with Gasteiger partial charge in [0.2, 0.25) is 0 Å². The summed E-state index contributed by atoms with van der Waals surface area (Å²) < 4.78 is 8.35. The van der Waals surface area contributed by atoms with Gasteiger partial charge in [0.15, 0.2) is 11.8 Å². The molecule has 9 nitrogen and oxygen atoms in total. The molecule has 0 fully saturated rings. The molecular formula is C22H27N5O4. The zero-order valence-corrected chi connectivity index (χ0v) is 18.6. The maximum atomic E-state index is 12.9. The van der Waals surface area contributed by atoms with E-state index in [9.17, 15) is 14.4 Å². The van der Waals surface area contributed by atoms with E-state index >= 15 is 0 Å². The van der Waals surface area contributed by atoms with Gasteiger partial charge in [-0.2, -0.15) is 10.2 Å². The van der Waals surface area contributed by atoms with E-state index in [0.717, 1.165) is 5.69 Å². The Labute approximate surface area is 180 Å². The van der Waals surface area contributed by atoms with Crippen LogP contribution in [0.3, 0.4) is 0 Å². The monoisotopic (exact) mass is 425 g/mol. The predicted molar refractivity (Wildman–Crippen MR) is 117 cm³/mol. The van der Waals surface area contributed by atoms with Gasteiger partial charge in [-0.3, -0.25) is 14.3 Å². The Morgan fingerprint density at radius 2 is 1.74 bits per heavy atom. The number of hydrogen-bond donors (Lipinski definition) is 1. The molecule has 0 aliphatic heterocycles. The van der Waals surface area contributed by atoms with Crippen molar-refractivity contribution in [3.63, 3.8) is 0 Å². The van der Waals surface area contributed by atoms with Gasteiger partial charge in [-0.15, -0.1) is 0 Å². The molecule has 0 aliphatic carbocycles. The van der Waals surface area contributed by atoms with Gasteiger partial charge in [0.05, 0.1) is 22.5 Å². The lowest BCUT2D eigenvalue weighted by Crippen LogP contribution is -2.32. The Bertz CT molecular complexity index is 1210. The highest BCUT2D eigenvalue weighted by Gasteiger charge is 2.24. The van der Waals surface area contributed by atoms with Crippen molar-refractivity contribution in [1.29, 1.82) is 0 Å². The largest absolute Gasteiger partial charge is 0.448 e. The molecule has 3 aromatic rings. The summed E-state index contributed by atoms with van der Waals surface area (Å²) in [6.45, 7) is 9.38. The first kappa shape index (κ1) is 22.2. The van der Waals surface area contributed by atoms with Crippen molar-refractivity contribution in [2.45, 2.75) is 47.3 Å². The van der Waals surface area contributed by atoms with Gasteiger partial charge in [0, 0.05) is 19.0 Å². The maximum absolute atomic E-state index is 12.9. The number of amides is 1. The number of carbonyl (C=O) groups excluding carboxylic acids is 2. The Morgan fingerprint density at radius 1 is 1.10 bits per heavy atom. The van der Waals surface area contributed by atoms with E-state index in [0.29, 0.717) is 28.7 Å². The third kappa shape index (κ3) is 4.50. The Balaban J connectivity index is 1.88. The lowest BCUT2D eigenvalue weighted by atomic mass is 10.1. The fourth-order valence-corrected chi connectivity index (χ4v) is 3.30. The highest BCUT2D eigenvalue weighted by Crippen LogP contribution is 2.19. The van der Waals surface area contributed by atoms with Gasteiger partial charge in [-0.05, 0) is 32.8 Å². The topological polar surface area (TPSA) is 108 Å². The van der Waals surface area contributed by atoms with Crippen LogP contribution in [0.5, 0.6) is 0 Å². The van der Waals surface area contributed by atoms with Crippen LogP contribution in [0.15, 0.2) is 29.1 Å². The van der Waals surface area contributed by atoms with Crippen molar-refractivity contribution in [3.05, 3.63) is 51.7 Å². The average Bonchev–Trinajstić information content (AvgIpc) is 2.95. The minimum atomic E-state index is -1.07. The van der Waals surface area contributed by atoms with Crippen LogP contribution in [0, 0.1) is 19.8 Å². The quantitative estimate of drug-likeness (QED) is 0.608. The van der Waals surface area contributed by atoms with Crippen molar-refractivity contribution in [3.8, 4) is 0 Å². The van der Waals surface area contributed by atoms with E-state index in [2.05, 4.69) is 15.5 Å². The molecule has 0 bridgehead atoms. The van der Waals surface area contributed by atoms with Crippen LogP contribution in [0.2, 0.25) is 0 Å². The van der Waals surface area contributed by atoms with Crippen molar-refractivity contribution < 1.29 is 14.3 Å². The summed E-state index contributed by atoms with van der Waals surface area (Å²) >= 11 is 0. The number of fused-ring (bicyclic) bond motifs is 1. The minimum absolute atomic E-state index is 0.00392. The number of aryl methyl sites for hydroxylation is 2. The van der Waals surface area contributed by atoms with Crippen LogP contribution in [0.4, 0.5) is 5.69 Å². The zero-order valence-electron chi connectivity index (χ0n) is 18.6. The summed E-state index contributed by atoms with van der Waals surface area (Å²) in [6, 6.07) is 6.74. The first-order valence-corrected chi connectivity index (χ1v) is 10.1. The van der Waals surface area contributed by atoms with Crippen molar-refractivity contribution >= 4 is 28.3 Å². The second-order valence-corrected chi connectivity index (χ2v) is 7.98. The molecule has 2 aromatic heterocycles. The van der Waals surface area contributed by atoms with Crippen LogP contribution in [-0.4, -0.2) is 37.5 Å². The molecule has 0 aliphatic rings. The molecule has 9 heteroatoms. The fraction of sp³-hybridized carbons (Fsp3) is 0.409. The lowest BCUT2D eigenvalue weighted by molar-refractivity contribution is -0.123. The van der Waals surface area contributed by atoms with Crippen LogP contribution in [0.1, 0.15) is 42.6 Å². The predicted octanol–water partition coefficient (Wildman–Crippen LogP) is 2.59. The smallest absolute Gasteiger partial charge is 0.360 e. The Morgan fingerprint density at radius 3 is 2.32 bits per heavy atom. The SMILES string of the molecule is Cc1nn(C)c(C)c1NC(=O)C(C)OC(=O)c1nn(CC(C)C)c(=O)c2ccccc12. The molecule has 0 saturated carbocycles. The molecule has 1 aromatic carbocycles. The summed E-state index contributed by atoms with van der Waals surface area (Å²) in [7, 11) is 1.78. The standard InChI is InChI=1S/C22H27N5O4/c1-12(2)11-27-21(29)17-10-8-7-9-16(17)19(25-27)22(30)31-15(5)20(28)23-18-13(3)24-26(6)14(18)4/h7-10,12,15H,11H2,1-6H3,(H,23,28). The van der Waals surface area contributed by atoms with Crippen LogP contribution in [-0.2, 0) is 23.1 Å². The summed E-state index contributed by atoms with van der Waals surface area (Å²) in [6.07, 6.45) is -1.07. The van der Waals surface area contributed by atoms with Gasteiger partial charge in [-0.1, -0.05) is 32.0 Å². The number of anilines is 1. The number of nitrogens with zero attached hydrogens (tertiary/aromatic N) is 4. The highest BCUT2D eigenvalue weighted by atomic mass is 16.5. The molecule has 2 heterocycles. The molecule has 1 N–H and O–H groups in total. The highest BCUT2D eigenvalue weighted by molar-refractivity contribution is 6.03. The van der Waals surface area contributed by atoms with Crippen LogP contribution >= 0.6 is 0 Å². The number of aromatic nitrogens is 4. The number of carbonyl (C=O) groups is 2. The molecule has 1 amide bonds. The molecule has 0 radical (unpaired) electrons. The van der Waals surface area contributed by atoms with Gasteiger partial charge in [0.25, 0.3) is 11.5 Å². The molecule has 164 valence electrons. The molecule has 1 atom stereocenters. The second-order valence-electron chi connectivity index (χ2n) is 7.98. The van der Waals surface area contributed by atoms with Crippen molar-refractivity contribution in [2.75, 3.05) is 5.32 Å². The van der Waals surface area contributed by atoms with Gasteiger partial charge in [0.1, 0.15) is 0 Å². The van der Waals surface area contributed by atoms with Crippen molar-refractivity contribution in [2.24, 2.45) is 13.0 Å². The lowest BCUT2D eigenvalue weighted by Gasteiger charge is -2.15. The van der Waals surface area contributed by atoms with Crippen LogP contribution < -0.4 is 10.9 Å². The summed E-state index contributed by atoms with van der Waals surface area (Å²) in [5, 5.41) is 12.0. The van der Waals surface area contributed by atoms with E-state index < -0.39 is 18.0 Å². The molecule has 1 unspecified atom stereocenters. The summed E-state index contributed by atoms with van der Waals surface area (Å²) in [4.78, 5) is 38.3. The molecule has 3 rings (SSSR count). The number of rotatable bonds is 6. The minimum Gasteiger partial charge on any atom is -0.448 e. The molecule has 0 saturated heterocycles. The van der Waals surface area contributed by atoms with Gasteiger partial charge >= 0.3 is 5.97 Å². The van der Waals surface area contributed by atoms with Crippen LogP contribution in [0.25, 0.3) is 10.8 Å². The van der Waals surface area contributed by atoms with Gasteiger partial charge in [-0.25, -0.2) is 9.48 Å². The maximum Gasteiger partial charge on any atom is 0.360 e. The van der Waals surface area contributed by atoms with E-state index in [1.165, 1.54) is 11.6 Å². The first-order valence-electron chi connectivity index (χ1n) is 10.1. The van der Waals surface area contributed by atoms with E-state index in [4.69, 9.17) is 4.74 Å². The van der Waals surface area contributed by atoms with E-state index in [1.807, 2.05) is 20.8 Å². The fourth-order valence-electron chi connectivity index (χ4n) is 3.30. The van der Waals surface area contributed by atoms with E-state index in [1.54, 1.807) is 42.9 Å². The van der Waals surface area contributed by atoms with Gasteiger partial charge < -0.3 is 10.1 Å². The molecule has 0 spiro atoms. The first-order chi connectivity index (χ1) is 14.6. The molecular weight excluding hydrogens is 398 g/mol. The third-order valence-corrected chi connectivity index (χ3v) is 5.01. The number of esters is 1. The van der Waals surface area contributed by atoms with Crippen molar-refractivity contribution in [1.82, 2.24) is 19.6 Å². The number of hydrogen-bond acceptors (Lipinski definition) is 6. The second kappa shape index (κ2) is 8.71.